The van der Waals surface area contributed by atoms with E-state index in [0.29, 0.717) is 26.2 Å². The monoisotopic (exact) mass is 451 g/mol. The minimum absolute atomic E-state index is 0.00435. The van der Waals surface area contributed by atoms with Crippen molar-refractivity contribution in [2.45, 2.75) is 19.1 Å². The number of hydrogen-bond acceptors (Lipinski definition) is 5. The molecule has 34 heavy (non-hydrogen) atoms. The molecule has 7 nitrogen and oxygen atoms in total. The van der Waals surface area contributed by atoms with Crippen molar-refractivity contribution in [2.24, 2.45) is 0 Å². The van der Waals surface area contributed by atoms with Crippen molar-refractivity contribution in [3.63, 3.8) is 0 Å². The maximum absolute atomic E-state index is 13.4. The summed E-state index contributed by atoms with van der Waals surface area (Å²) in [5, 5.41) is 2.17. The normalized spacial score (nSPS) is 19.1. The molecule has 170 valence electrons. The number of hydrogen-bond donors (Lipinski definition) is 0. The van der Waals surface area contributed by atoms with Gasteiger partial charge in [-0.05, 0) is 23.8 Å². The molecule has 2 aromatic heterocycles. The highest BCUT2D eigenvalue weighted by atomic mass is 16.2. The molecule has 6 rings (SSSR count). The van der Waals surface area contributed by atoms with E-state index >= 15 is 0 Å². The third-order valence-electron chi connectivity index (χ3n) is 6.83. The molecule has 2 amide bonds. The second kappa shape index (κ2) is 8.50. The Kier molecular flexibility index (Phi) is 5.19. The van der Waals surface area contributed by atoms with Crippen molar-refractivity contribution in [1.82, 2.24) is 24.7 Å². The van der Waals surface area contributed by atoms with E-state index in [1.807, 2.05) is 54.7 Å². The number of para-hydroxylation sites is 2. The van der Waals surface area contributed by atoms with Crippen molar-refractivity contribution >= 4 is 33.6 Å². The minimum Gasteiger partial charge on any atom is -0.327 e. The molecule has 1 unspecified atom stereocenters. The molecule has 2 fully saturated rings. The molecule has 4 aromatic rings. The van der Waals surface area contributed by atoms with Gasteiger partial charge in [-0.3, -0.25) is 24.5 Å². The Hall–Kier alpha value is -3.84. The second-order valence-electron chi connectivity index (χ2n) is 9.02. The van der Waals surface area contributed by atoms with Gasteiger partial charge in [-0.25, -0.2) is 0 Å². The van der Waals surface area contributed by atoms with Crippen molar-refractivity contribution in [3.05, 3.63) is 84.2 Å². The van der Waals surface area contributed by atoms with Crippen LogP contribution in [0.1, 0.15) is 11.3 Å². The van der Waals surface area contributed by atoms with E-state index in [0.717, 1.165) is 39.6 Å². The first-order valence-electron chi connectivity index (χ1n) is 11.6. The lowest BCUT2D eigenvalue weighted by Crippen LogP contribution is -2.66. The minimum atomic E-state index is -0.460. The summed E-state index contributed by atoms with van der Waals surface area (Å²) < 4.78 is 0. The summed E-state index contributed by atoms with van der Waals surface area (Å²) in [6.07, 6.45) is 1.81. The number of amides is 2. The Morgan fingerprint density at radius 2 is 1.71 bits per heavy atom. The zero-order chi connectivity index (χ0) is 23.1. The maximum atomic E-state index is 13.4. The largest absolute Gasteiger partial charge is 0.327 e. The molecule has 2 aliphatic heterocycles. The summed E-state index contributed by atoms with van der Waals surface area (Å²) >= 11 is 0. The molecule has 1 atom stereocenters. The van der Waals surface area contributed by atoms with Crippen molar-refractivity contribution < 1.29 is 9.59 Å². The molecule has 7 heteroatoms. The fourth-order valence-corrected chi connectivity index (χ4v) is 5.10. The van der Waals surface area contributed by atoms with Gasteiger partial charge >= 0.3 is 0 Å². The van der Waals surface area contributed by atoms with Gasteiger partial charge in [-0.15, -0.1) is 0 Å². The smallest absolute Gasteiger partial charge is 0.247 e. The van der Waals surface area contributed by atoms with Crippen molar-refractivity contribution in [3.8, 4) is 0 Å². The molecule has 0 radical (unpaired) electrons. The molecular formula is C27H25N5O2. The lowest BCUT2D eigenvalue weighted by molar-refractivity contribution is -0.160. The van der Waals surface area contributed by atoms with Gasteiger partial charge in [0.1, 0.15) is 12.6 Å². The number of fused-ring (bicyclic) bond motifs is 3. The van der Waals surface area contributed by atoms with Crippen LogP contribution < -0.4 is 0 Å². The molecule has 0 aliphatic carbocycles. The van der Waals surface area contributed by atoms with E-state index < -0.39 is 6.04 Å². The van der Waals surface area contributed by atoms with E-state index in [4.69, 9.17) is 4.98 Å². The van der Waals surface area contributed by atoms with E-state index in [2.05, 4.69) is 28.1 Å². The summed E-state index contributed by atoms with van der Waals surface area (Å²) in [4.78, 5) is 41.3. The number of aromatic nitrogens is 2. The van der Waals surface area contributed by atoms with Gasteiger partial charge in [0.05, 0.1) is 23.3 Å². The van der Waals surface area contributed by atoms with Crippen LogP contribution in [-0.4, -0.2) is 68.7 Å². The van der Waals surface area contributed by atoms with Gasteiger partial charge in [0.25, 0.3) is 0 Å². The van der Waals surface area contributed by atoms with Crippen LogP contribution in [0.15, 0.2) is 72.9 Å². The Morgan fingerprint density at radius 3 is 2.65 bits per heavy atom. The van der Waals surface area contributed by atoms with Crippen LogP contribution in [0.3, 0.4) is 0 Å². The van der Waals surface area contributed by atoms with Crippen LogP contribution in [0.5, 0.6) is 0 Å². The number of rotatable bonds is 4. The van der Waals surface area contributed by atoms with Crippen LogP contribution in [0.4, 0.5) is 0 Å². The fourth-order valence-electron chi connectivity index (χ4n) is 5.10. The molecule has 0 bridgehead atoms. The van der Waals surface area contributed by atoms with Crippen LogP contribution in [0.25, 0.3) is 21.8 Å². The molecule has 2 aliphatic rings. The molecular weight excluding hydrogens is 426 g/mol. The predicted octanol–water partition coefficient (Wildman–Crippen LogP) is 2.84. The first-order valence-corrected chi connectivity index (χ1v) is 11.6. The highest BCUT2D eigenvalue weighted by Crippen LogP contribution is 2.23. The Labute approximate surface area is 197 Å². The number of piperazine rings is 2. The average molecular weight is 452 g/mol. The molecule has 2 saturated heterocycles. The zero-order valence-corrected chi connectivity index (χ0v) is 18.8. The molecule has 2 aromatic carbocycles. The van der Waals surface area contributed by atoms with Gasteiger partial charge in [0.2, 0.25) is 11.8 Å². The highest BCUT2D eigenvalue weighted by molar-refractivity contribution is 5.95. The third-order valence-corrected chi connectivity index (χ3v) is 6.83. The van der Waals surface area contributed by atoms with E-state index in [9.17, 15) is 9.59 Å². The van der Waals surface area contributed by atoms with Gasteiger partial charge in [-0.1, -0.05) is 48.5 Å². The third kappa shape index (κ3) is 3.78. The fraction of sp³-hybridized carbons (Fsp3) is 0.259. The van der Waals surface area contributed by atoms with Crippen molar-refractivity contribution in [1.29, 1.82) is 0 Å². The summed E-state index contributed by atoms with van der Waals surface area (Å²) in [7, 11) is 0. The quantitative estimate of drug-likeness (QED) is 0.477. The number of nitrogens with zero attached hydrogens (tertiary/aromatic N) is 5. The van der Waals surface area contributed by atoms with Gasteiger partial charge in [0.15, 0.2) is 0 Å². The van der Waals surface area contributed by atoms with E-state index in [1.165, 1.54) is 0 Å². The first-order chi connectivity index (χ1) is 16.7. The Morgan fingerprint density at radius 1 is 0.853 bits per heavy atom. The lowest BCUT2D eigenvalue weighted by atomic mass is 10.0. The topological polar surface area (TPSA) is 69.6 Å². The van der Waals surface area contributed by atoms with Gasteiger partial charge < -0.3 is 9.80 Å². The van der Waals surface area contributed by atoms with Crippen LogP contribution in [0, 0.1) is 0 Å². The highest BCUT2D eigenvalue weighted by Gasteiger charge is 2.42. The summed E-state index contributed by atoms with van der Waals surface area (Å²) in [5.74, 6) is 0.00664. The maximum Gasteiger partial charge on any atom is 0.247 e. The standard InChI is InChI=1S/C27H25N5O2/c33-25-18-31(16-22-11-10-19-5-1-2-9-23(19)29-22)27(34)24-17-30(13-14-32(24)25)15-21-7-3-6-20-8-4-12-28-26(20)21/h1-12,24H,13-18H2. The number of benzene rings is 2. The van der Waals surface area contributed by atoms with Crippen LogP contribution >= 0.6 is 0 Å². The summed E-state index contributed by atoms with van der Waals surface area (Å²) in [6, 6.07) is 21.6. The van der Waals surface area contributed by atoms with Crippen LogP contribution in [0.2, 0.25) is 0 Å². The SMILES string of the molecule is O=C1C2CN(Cc3cccc4cccnc34)CCN2C(=O)CN1Cc1ccc2ccccc2n1. The second-order valence-corrected chi connectivity index (χ2v) is 9.02. The molecule has 0 spiro atoms. The Balaban J connectivity index is 1.20. The number of pyridine rings is 2. The molecule has 0 N–H and O–H groups in total. The summed E-state index contributed by atoms with van der Waals surface area (Å²) in [5.41, 5.74) is 3.81. The van der Waals surface area contributed by atoms with Crippen LogP contribution in [-0.2, 0) is 22.7 Å². The molecule has 4 heterocycles. The number of carbonyl (C=O) groups excluding carboxylic acids is 2. The zero-order valence-electron chi connectivity index (χ0n) is 18.8. The van der Waals surface area contributed by atoms with E-state index in [-0.39, 0.29) is 18.4 Å². The van der Waals surface area contributed by atoms with Crippen molar-refractivity contribution in [2.75, 3.05) is 26.2 Å². The summed E-state index contributed by atoms with van der Waals surface area (Å²) in [6.45, 7) is 2.98. The molecule has 0 saturated carbocycles. The van der Waals surface area contributed by atoms with E-state index in [1.54, 1.807) is 9.80 Å². The Bertz CT molecular complexity index is 1400. The average Bonchev–Trinajstić information content (AvgIpc) is 2.87. The predicted molar refractivity (Wildman–Crippen MR) is 130 cm³/mol. The number of carbonyl (C=O) groups is 2. The first kappa shape index (κ1) is 20.7. The van der Waals surface area contributed by atoms with Gasteiger partial charge in [0, 0.05) is 43.1 Å². The van der Waals surface area contributed by atoms with Gasteiger partial charge in [-0.2, -0.15) is 0 Å². The lowest BCUT2D eigenvalue weighted by Gasteiger charge is -2.46.